The van der Waals surface area contributed by atoms with Gasteiger partial charge in [-0.25, -0.2) is 4.79 Å². The fraction of sp³-hybridized carbons (Fsp3) is 0.333. The van der Waals surface area contributed by atoms with Gasteiger partial charge in [-0.15, -0.1) is 0 Å². The van der Waals surface area contributed by atoms with Gasteiger partial charge in [-0.1, -0.05) is 30.3 Å². The van der Waals surface area contributed by atoms with Crippen molar-refractivity contribution in [1.29, 1.82) is 0 Å². The SMILES string of the molecule is CCOC(=O)CCC(=O)c1ccc2c(c1)N(C(C)C(=O)OCc1ccccc1)C(=O)CO2. The fourth-order valence-corrected chi connectivity index (χ4v) is 3.32. The lowest BCUT2D eigenvalue weighted by Gasteiger charge is -2.33. The van der Waals surface area contributed by atoms with E-state index in [1.165, 1.54) is 11.0 Å². The minimum Gasteiger partial charge on any atom is -0.482 e. The second-order valence-electron chi connectivity index (χ2n) is 7.23. The van der Waals surface area contributed by atoms with Crippen molar-refractivity contribution in [3.05, 3.63) is 59.7 Å². The molecule has 1 aliphatic rings. The maximum Gasteiger partial charge on any atom is 0.329 e. The molecule has 3 rings (SSSR count). The zero-order chi connectivity index (χ0) is 23.1. The van der Waals surface area contributed by atoms with E-state index in [9.17, 15) is 19.2 Å². The topological polar surface area (TPSA) is 99.2 Å². The molecule has 1 unspecified atom stereocenters. The van der Waals surface area contributed by atoms with Gasteiger partial charge >= 0.3 is 11.9 Å². The molecule has 0 fully saturated rings. The van der Waals surface area contributed by atoms with E-state index >= 15 is 0 Å². The Balaban J connectivity index is 1.74. The van der Waals surface area contributed by atoms with Crippen molar-refractivity contribution in [3.8, 4) is 5.75 Å². The summed E-state index contributed by atoms with van der Waals surface area (Å²) in [6, 6.07) is 12.9. The molecule has 8 nitrogen and oxygen atoms in total. The van der Waals surface area contributed by atoms with Crippen molar-refractivity contribution < 1.29 is 33.4 Å². The van der Waals surface area contributed by atoms with Gasteiger partial charge in [-0.2, -0.15) is 0 Å². The van der Waals surface area contributed by atoms with Crippen LogP contribution in [0.2, 0.25) is 0 Å². The molecule has 0 aliphatic carbocycles. The quantitative estimate of drug-likeness (QED) is 0.437. The van der Waals surface area contributed by atoms with E-state index in [0.29, 0.717) is 17.0 Å². The molecule has 2 aromatic carbocycles. The largest absolute Gasteiger partial charge is 0.482 e. The first-order valence-electron chi connectivity index (χ1n) is 10.4. The highest BCUT2D eigenvalue weighted by molar-refractivity contribution is 6.05. The molecule has 0 saturated carbocycles. The molecular weight excluding hydrogens is 414 g/mol. The molecule has 1 amide bonds. The number of benzene rings is 2. The molecule has 0 aromatic heterocycles. The number of amides is 1. The molecular formula is C24H25NO7. The van der Waals surface area contributed by atoms with Crippen LogP contribution in [-0.4, -0.2) is 42.9 Å². The van der Waals surface area contributed by atoms with Gasteiger partial charge in [0.2, 0.25) is 0 Å². The molecule has 0 spiro atoms. The van der Waals surface area contributed by atoms with E-state index in [1.807, 2.05) is 30.3 Å². The number of carbonyl (C=O) groups is 4. The van der Waals surface area contributed by atoms with E-state index in [4.69, 9.17) is 14.2 Å². The average molecular weight is 439 g/mol. The van der Waals surface area contributed by atoms with Gasteiger partial charge in [0.05, 0.1) is 18.7 Å². The van der Waals surface area contributed by atoms with Crippen molar-refractivity contribution in [2.24, 2.45) is 0 Å². The molecule has 1 aliphatic heterocycles. The van der Waals surface area contributed by atoms with Gasteiger partial charge in [0.1, 0.15) is 18.4 Å². The van der Waals surface area contributed by atoms with E-state index in [1.54, 1.807) is 26.0 Å². The number of ether oxygens (including phenoxy) is 3. The van der Waals surface area contributed by atoms with Gasteiger partial charge in [0.25, 0.3) is 5.91 Å². The number of nitrogens with zero attached hydrogens (tertiary/aromatic N) is 1. The Kier molecular flexibility index (Phi) is 7.59. The van der Waals surface area contributed by atoms with Crippen molar-refractivity contribution in [2.45, 2.75) is 39.3 Å². The molecule has 0 N–H and O–H groups in total. The fourth-order valence-electron chi connectivity index (χ4n) is 3.32. The average Bonchev–Trinajstić information content (AvgIpc) is 2.81. The number of ketones is 1. The Morgan fingerprint density at radius 2 is 1.81 bits per heavy atom. The zero-order valence-corrected chi connectivity index (χ0v) is 18.0. The number of anilines is 1. The van der Waals surface area contributed by atoms with Crippen LogP contribution in [0.3, 0.4) is 0 Å². The van der Waals surface area contributed by atoms with Crippen LogP contribution in [0.4, 0.5) is 5.69 Å². The summed E-state index contributed by atoms with van der Waals surface area (Å²) in [5.74, 6) is -1.34. The number of hydrogen-bond acceptors (Lipinski definition) is 7. The Bertz CT molecular complexity index is 1000. The second-order valence-corrected chi connectivity index (χ2v) is 7.23. The van der Waals surface area contributed by atoms with Crippen LogP contribution in [0, 0.1) is 0 Å². The highest BCUT2D eigenvalue weighted by atomic mass is 16.5. The molecule has 0 bridgehead atoms. The summed E-state index contributed by atoms with van der Waals surface area (Å²) >= 11 is 0. The van der Waals surface area contributed by atoms with Gasteiger partial charge in [-0.05, 0) is 37.6 Å². The monoisotopic (exact) mass is 439 g/mol. The molecule has 0 saturated heterocycles. The van der Waals surface area contributed by atoms with Gasteiger partial charge in [0, 0.05) is 12.0 Å². The predicted molar refractivity (Wildman–Crippen MR) is 115 cm³/mol. The molecule has 8 heteroatoms. The summed E-state index contributed by atoms with van der Waals surface area (Å²) in [5, 5.41) is 0. The van der Waals surface area contributed by atoms with Gasteiger partial charge in [0.15, 0.2) is 12.4 Å². The van der Waals surface area contributed by atoms with E-state index in [2.05, 4.69) is 0 Å². The van der Waals surface area contributed by atoms with Crippen LogP contribution in [0.25, 0.3) is 0 Å². The Hall–Kier alpha value is -3.68. The lowest BCUT2D eigenvalue weighted by Crippen LogP contribution is -2.48. The third kappa shape index (κ3) is 5.51. The highest BCUT2D eigenvalue weighted by Crippen LogP contribution is 2.35. The minimum absolute atomic E-state index is 0.0267. The van der Waals surface area contributed by atoms with Crippen molar-refractivity contribution in [3.63, 3.8) is 0 Å². The first kappa shape index (κ1) is 23.0. The van der Waals surface area contributed by atoms with Crippen LogP contribution in [0.15, 0.2) is 48.5 Å². The van der Waals surface area contributed by atoms with Crippen LogP contribution in [0.5, 0.6) is 5.75 Å². The number of carbonyl (C=O) groups excluding carboxylic acids is 4. The second kappa shape index (κ2) is 10.6. The van der Waals surface area contributed by atoms with Crippen LogP contribution in [0.1, 0.15) is 42.6 Å². The van der Waals surface area contributed by atoms with Crippen LogP contribution >= 0.6 is 0 Å². The minimum atomic E-state index is -0.918. The van der Waals surface area contributed by atoms with Crippen molar-refractivity contribution in [2.75, 3.05) is 18.1 Å². The maximum atomic E-state index is 12.7. The maximum absolute atomic E-state index is 12.7. The zero-order valence-electron chi connectivity index (χ0n) is 18.0. The number of hydrogen-bond donors (Lipinski definition) is 0. The van der Waals surface area contributed by atoms with E-state index in [-0.39, 0.29) is 38.4 Å². The summed E-state index contributed by atoms with van der Waals surface area (Å²) in [7, 11) is 0. The molecule has 1 heterocycles. The summed E-state index contributed by atoms with van der Waals surface area (Å²) in [4.78, 5) is 50.6. The van der Waals surface area contributed by atoms with E-state index in [0.717, 1.165) is 5.56 Å². The summed E-state index contributed by atoms with van der Waals surface area (Å²) in [6.07, 6.45) is -0.0633. The van der Waals surface area contributed by atoms with Crippen LogP contribution < -0.4 is 9.64 Å². The first-order chi connectivity index (χ1) is 15.4. The third-order valence-electron chi connectivity index (χ3n) is 4.97. The van der Waals surface area contributed by atoms with Crippen molar-refractivity contribution in [1.82, 2.24) is 0 Å². The van der Waals surface area contributed by atoms with Crippen molar-refractivity contribution >= 4 is 29.3 Å². The number of fused-ring (bicyclic) bond motifs is 1. The summed E-state index contributed by atoms with van der Waals surface area (Å²) < 4.78 is 15.7. The summed E-state index contributed by atoms with van der Waals surface area (Å²) in [6.45, 7) is 3.37. The predicted octanol–water partition coefficient (Wildman–Crippen LogP) is 3.07. The normalized spacial score (nSPS) is 13.6. The molecule has 168 valence electrons. The smallest absolute Gasteiger partial charge is 0.329 e. The number of esters is 2. The lowest BCUT2D eigenvalue weighted by atomic mass is 10.0. The molecule has 32 heavy (non-hydrogen) atoms. The first-order valence-corrected chi connectivity index (χ1v) is 10.4. The number of Topliss-reactive ketones (excluding diaryl/α,β-unsaturated/α-hetero) is 1. The standard InChI is InChI=1S/C24H25NO7/c1-3-30-23(28)12-10-20(26)18-9-11-21-19(13-18)25(22(27)15-31-21)16(2)24(29)32-14-17-7-5-4-6-8-17/h4-9,11,13,16H,3,10,12,14-15H2,1-2H3. The molecule has 2 aromatic rings. The summed E-state index contributed by atoms with van der Waals surface area (Å²) in [5.41, 5.74) is 1.45. The number of rotatable bonds is 9. The molecule has 0 radical (unpaired) electrons. The Morgan fingerprint density at radius 3 is 2.53 bits per heavy atom. The Morgan fingerprint density at radius 1 is 1.06 bits per heavy atom. The molecule has 1 atom stereocenters. The Labute approximate surface area is 186 Å². The highest BCUT2D eigenvalue weighted by Gasteiger charge is 2.34. The van der Waals surface area contributed by atoms with E-state index < -0.39 is 23.9 Å². The lowest BCUT2D eigenvalue weighted by molar-refractivity contribution is -0.147. The third-order valence-corrected chi connectivity index (χ3v) is 4.97. The van der Waals surface area contributed by atoms with Crippen LogP contribution in [-0.2, 0) is 30.5 Å². The van der Waals surface area contributed by atoms with Gasteiger partial charge in [-0.3, -0.25) is 19.3 Å². The van der Waals surface area contributed by atoms with Gasteiger partial charge < -0.3 is 14.2 Å².